The molecular weight excluding hydrogens is 222 g/mol. The lowest BCUT2D eigenvalue weighted by Gasteiger charge is -2.43. The van der Waals surface area contributed by atoms with E-state index in [1.54, 1.807) is 0 Å². The summed E-state index contributed by atoms with van der Waals surface area (Å²) >= 11 is 0. The molecule has 3 nitrogen and oxygen atoms in total. The van der Waals surface area contributed by atoms with Gasteiger partial charge in [-0.2, -0.15) is 0 Å². The van der Waals surface area contributed by atoms with Gasteiger partial charge in [0, 0.05) is 44.3 Å². The zero-order valence-electron chi connectivity index (χ0n) is 13.1. The topological polar surface area (TPSA) is 18.5 Å². The van der Waals surface area contributed by atoms with Gasteiger partial charge in [0.25, 0.3) is 0 Å². The van der Waals surface area contributed by atoms with Crippen molar-refractivity contribution in [3.05, 3.63) is 0 Å². The molecule has 1 rings (SSSR count). The van der Waals surface area contributed by atoms with Crippen molar-refractivity contribution in [3.63, 3.8) is 0 Å². The molecule has 1 fully saturated rings. The van der Waals surface area contributed by atoms with Crippen LogP contribution in [0.1, 0.15) is 47.0 Å². The van der Waals surface area contributed by atoms with Gasteiger partial charge in [-0.1, -0.05) is 34.1 Å². The van der Waals surface area contributed by atoms with Crippen LogP contribution in [0.25, 0.3) is 0 Å². The summed E-state index contributed by atoms with van der Waals surface area (Å²) in [6, 6.07) is 2.07. The Hall–Kier alpha value is -0.120. The van der Waals surface area contributed by atoms with E-state index in [2.05, 4.69) is 49.9 Å². The van der Waals surface area contributed by atoms with Gasteiger partial charge >= 0.3 is 0 Å². The summed E-state index contributed by atoms with van der Waals surface area (Å²) in [6.45, 7) is 13.9. The highest BCUT2D eigenvalue weighted by molar-refractivity contribution is 4.84. The van der Waals surface area contributed by atoms with Gasteiger partial charge in [-0.25, -0.2) is 0 Å². The summed E-state index contributed by atoms with van der Waals surface area (Å²) in [5, 5.41) is 3.62. The first-order valence-electron chi connectivity index (χ1n) is 7.76. The van der Waals surface area contributed by atoms with Gasteiger partial charge in [0.05, 0.1) is 0 Å². The highest BCUT2D eigenvalue weighted by Crippen LogP contribution is 2.16. The summed E-state index contributed by atoms with van der Waals surface area (Å²) in [4.78, 5) is 5.24. The van der Waals surface area contributed by atoms with Crippen molar-refractivity contribution in [2.45, 2.75) is 65.1 Å². The van der Waals surface area contributed by atoms with E-state index in [9.17, 15) is 0 Å². The van der Waals surface area contributed by atoms with Crippen LogP contribution in [0.5, 0.6) is 0 Å². The molecule has 0 bridgehead atoms. The lowest BCUT2D eigenvalue weighted by Crippen LogP contribution is -2.56. The third kappa shape index (κ3) is 4.87. The Balaban J connectivity index is 2.50. The van der Waals surface area contributed by atoms with E-state index in [1.807, 2.05) is 0 Å². The lowest BCUT2D eigenvalue weighted by atomic mass is 10.0. The maximum Gasteiger partial charge on any atom is 0.0221 e. The Morgan fingerprint density at radius 2 is 1.94 bits per heavy atom. The van der Waals surface area contributed by atoms with Gasteiger partial charge in [0.1, 0.15) is 0 Å². The third-order valence-corrected chi connectivity index (χ3v) is 4.18. The fourth-order valence-corrected chi connectivity index (χ4v) is 2.86. The molecule has 1 aliphatic rings. The molecule has 0 aromatic heterocycles. The van der Waals surface area contributed by atoms with Crippen molar-refractivity contribution in [1.29, 1.82) is 0 Å². The van der Waals surface area contributed by atoms with E-state index >= 15 is 0 Å². The molecule has 0 radical (unpaired) electrons. The van der Waals surface area contributed by atoms with E-state index < -0.39 is 0 Å². The number of rotatable bonds is 7. The Kier molecular flexibility index (Phi) is 7.20. The molecule has 0 aliphatic carbocycles. The molecule has 1 saturated heterocycles. The monoisotopic (exact) mass is 255 g/mol. The van der Waals surface area contributed by atoms with Crippen molar-refractivity contribution in [2.24, 2.45) is 0 Å². The number of hydrogen-bond acceptors (Lipinski definition) is 3. The molecule has 0 aromatic carbocycles. The van der Waals surface area contributed by atoms with Gasteiger partial charge in [-0.3, -0.25) is 4.90 Å². The molecule has 0 aromatic rings. The zero-order chi connectivity index (χ0) is 13.5. The zero-order valence-corrected chi connectivity index (χ0v) is 13.1. The van der Waals surface area contributed by atoms with Gasteiger partial charge in [-0.15, -0.1) is 0 Å². The van der Waals surface area contributed by atoms with Gasteiger partial charge < -0.3 is 10.2 Å². The van der Waals surface area contributed by atoms with Crippen LogP contribution in [-0.4, -0.2) is 61.2 Å². The second kappa shape index (κ2) is 8.13. The summed E-state index contributed by atoms with van der Waals surface area (Å²) in [6.07, 6.45) is 3.87. The van der Waals surface area contributed by atoms with Crippen LogP contribution in [0.4, 0.5) is 0 Å². The fraction of sp³-hybridized carbons (Fsp3) is 1.00. The highest BCUT2D eigenvalue weighted by Gasteiger charge is 2.27. The van der Waals surface area contributed by atoms with Crippen molar-refractivity contribution in [2.75, 3.05) is 33.2 Å². The standard InChI is InChI=1S/C15H33N3/c1-6-8-15(11-16-13(3)4)18-10-9-17(5)14(7-2)12-18/h13-16H,6-12H2,1-5H3. The highest BCUT2D eigenvalue weighted by atomic mass is 15.3. The molecule has 1 heterocycles. The van der Waals surface area contributed by atoms with E-state index in [-0.39, 0.29) is 0 Å². The average Bonchev–Trinajstić information content (AvgIpc) is 2.35. The summed E-state index contributed by atoms with van der Waals surface area (Å²) in [5.74, 6) is 0. The predicted octanol–water partition coefficient (Wildman–Crippen LogP) is 2.18. The van der Waals surface area contributed by atoms with E-state index in [1.165, 1.54) is 38.9 Å². The Morgan fingerprint density at radius 1 is 1.22 bits per heavy atom. The first kappa shape index (κ1) is 15.9. The first-order chi connectivity index (χ1) is 8.58. The minimum Gasteiger partial charge on any atom is -0.313 e. The van der Waals surface area contributed by atoms with Gasteiger partial charge in [0.15, 0.2) is 0 Å². The number of likely N-dealkylation sites (N-methyl/N-ethyl adjacent to an activating group) is 1. The predicted molar refractivity (Wildman–Crippen MR) is 80.1 cm³/mol. The van der Waals surface area contributed by atoms with Crippen molar-refractivity contribution in [1.82, 2.24) is 15.1 Å². The largest absolute Gasteiger partial charge is 0.313 e. The molecule has 1 aliphatic heterocycles. The quantitative estimate of drug-likeness (QED) is 0.752. The Morgan fingerprint density at radius 3 is 2.50 bits per heavy atom. The third-order valence-electron chi connectivity index (χ3n) is 4.18. The average molecular weight is 255 g/mol. The van der Waals surface area contributed by atoms with Crippen LogP contribution in [0.2, 0.25) is 0 Å². The maximum absolute atomic E-state index is 3.62. The lowest BCUT2D eigenvalue weighted by molar-refractivity contribution is 0.0582. The van der Waals surface area contributed by atoms with E-state index in [0.29, 0.717) is 6.04 Å². The molecule has 2 unspecified atom stereocenters. The Labute approximate surface area is 114 Å². The van der Waals surface area contributed by atoms with E-state index in [0.717, 1.165) is 18.6 Å². The molecule has 0 spiro atoms. The molecule has 3 heteroatoms. The second-order valence-electron chi connectivity index (χ2n) is 6.04. The van der Waals surface area contributed by atoms with Gasteiger partial charge in [-0.05, 0) is 19.9 Å². The number of nitrogens with zero attached hydrogens (tertiary/aromatic N) is 2. The minimum absolute atomic E-state index is 0.596. The van der Waals surface area contributed by atoms with Crippen LogP contribution in [0.15, 0.2) is 0 Å². The summed E-state index contributed by atoms with van der Waals surface area (Å²) in [7, 11) is 2.27. The van der Waals surface area contributed by atoms with Gasteiger partial charge in [0.2, 0.25) is 0 Å². The summed E-state index contributed by atoms with van der Waals surface area (Å²) in [5.41, 5.74) is 0. The fourth-order valence-electron chi connectivity index (χ4n) is 2.86. The number of hydrogen-bond donors (Lipinski definition) is 1. The van der Waals surface area contributed by atoms with E-state index in [4.69, 9.17) is 0 Å². The van der Waals surface area contributed by atoms with Crippen LogP contribution >= 0.6 is 0 Å². The first-order valence-corrected chi connectivity index (χ1v) is 7.76. The van der Waals surface area contributed by atoms with Crippen molar-refractivity contribution < 1.29 is 0 Å². The van der Waals surface area contributed by atoms with Crippen LogP contribution in [-0.2, 0) is 0 Å². The smallest absolute Gasteiger partial charge is 0.0221 e. The molecule has 0 saturated carbocycles. The molecule has 108 valence electrons. The van der Waals surface area contributed by atoms with Crippen molar-refractivity contribution in [3.8, 4) is 0 Å². The maximum atomic E-state index is 3.62. The van der Waals surface area contributed by atoms with Crippen LogP contribution < -0.4 is 5.32 Å². The number of nitrogens with one attached hydrogen (secondary N) is 1. The molecule has 1 N–H and O–H groups in total. The van der Waals surface area contributed by atoms with Crippen molar-refractivity contribution >= 4 is 0 Å². The molecule has 2 atom stereocenters. The van der Waals surface area contributed by atoms with Crippen LogP contribution in [0.3, 0.4) is 0 Å². The summed E-state index contributed by atoms with van der Waals surface area (Å²) < 4.78 is 0. The second-order valence-corrected chi connectivity index (χ2v) is 6.04. The van der Waals surface area contributed by atoms with Crippen LogP contribution in [0, 0.1) is 0 Å². The molecule has 18 heavy (non-hydrogen) atoms. The Bertz CT molecular complexity index is 218. The SMILES string of the molecule is CCCC(CNC(C)C)N1CCN(C)C(CC)C1. The normalized spacial score (nSPS) is 24.7. The molecule has 0 amide bonds. The number of piperazine rings is 1. The molecular formula is C15H33N3. The minimum atomic E-state index is 0.596.